The molecule has 0 radical (unpaired) electrons. The third-order valence-electron chi connectivity index (χ3n) is 3.19. The summed E-state index contributed by atoms with van der Waals surface area (Å²) in [6.45, 7) is 1.22. The Morgan fingerprint density at radius 2 is 1.94 bits per heavy atom. The van der Waals surface area contributed by atoms with Gasteiger partial charge in [-0.25, -0.2) is 0 Å². The van der Waals surface area contributed by atoms with Crippen molar-refractivity contribution in [1.82, 2.24) is 0 Å². The first-order valence-corrected chi connectivity index (χ1v) is 7.29. The fourth-order valence-corrected chi connectivity index (χ4v) is 2.50. The molecule has 2 N–H and O–H groups in total. The molecule has 3 nitrogen and oxygen atoms in total. The van der Waals surface area contributed by atoms with Gasteiger partial charge in [0.1, 0.15) is 12.4 Å². The lowest BCUT2D eigenvalue weighted by Crippen LogP contribution is -2.32. The number of ether oxygens (including phenoxy) is 2. The zero-order chi connectivity index (χ0) is 12.8. The Morgan fingerprint density at radius 3 is 2.67 bits per heavy atom. The van der Waals surface area contributed by atoms with Crippen molar-refractivity contribution in [1.29, 1.82) is 0 Å². The van der Waals surface area contributed by atoms with E-state index in [1.807, 2.05) is 24.3 Å². The Morgan fingerprint density at radius 1 is 1.17 bits per heavy atom. The molecule has 0 spiro atoms. The summed E-state index contributed by atoms with van der Waals surface area (Å²) in [5.74, 6) is 0.877. The smallest absolute Gasteiger partial charge is 0.119 e. The zero-order valence-corrected chi connectivity index (χ0v) is 12.1. The molecule has 0 amide bonds. The van der Waals surface area contributed by atoms with Gasteiger partial charge in [0, 0.05) is 10.5 Å². The molecule has 100 valence electrons. The molecule has 2 unspecified atom stereocenters. The maximum atomic E-state index is 5.92. The van der Waals surface area contributed by atoms with Crippen molar-refractivity contribution in [3.8, 4) is 5.75 Å². The van der Waals surface area contributed by atoms with Crippen LogP contribution in [0.4, 0.5) is 0 Å². The molecule has 1 aromatic carbocycles. The fraction of sp³-hybridized carbons (Fsp3) is 0.571. The van der Waals surface area contributed by atoms with Crippen molar-refractivity contribution in [2.24, 2.45) is 5.73 Å². The van der Waals surface area contributed by atoms with Gasteiger partial charge in [0.05, 0.1) is 12.7 Å². The zero-order valence-electron chi connectivity index (χ0n) is 10.5. The number of rotatable bonds is 5. The van der Waals surface area contributed by atoms with Crippen LogP contribution >= 0.6 is 15.9 Å². The Bertz CT molecular complexity index is 355. The summed E-state index contributed by atoms with van der Waals surface area (Å²) in [5, 5.41) is 0. The summed E-state index contributed by atoms with van der Waals surface area (Å²) in [4.78, 5) is 0. The molecule has 2 atom stereocenters. The highest BCUT2D eigenvalue weighted by atomic mass is 79.9. The van der Waals surface area contributed by atoms with Crippen LogP contribution in [0, 0.1) is 0 Å². The molecule has 0 bridgehead atoms. The molecular formula is C14H20BrNO2. The van der Waals surface area contributed by atoms with E-state index in [4.69, 9.17) is 15.2 Å². The van der Waals surface area contributed by atoms with Crippen LogP contribution in [0.3, 0.4) is 0 Å². The molecule has 4 heteroatoms. The van der Waals surface area contributed by atoms with Crippen LogP contribution in [0.15, 0.2) is 28.7 Å². The molecule has 0 heterocycles. The summed E-state index contributed by atoms with van der Waals surface area (Å²) in [6.07, 6.45) is 4.75. The Kier molecular flexibility index (Phi) is 5.47. The molecule has 1 aliphatic rings. The molecular weight excluding hydrogens is 294 g/mol. The van der Waals surface area contributed by atoms with Gasteiger partial charge in [-0.2, -0.15) is 0 Å². The summed E-state index contributed by atoms with van der Waals surface area (Å²) < 4.78 is 12.4. The normalized spacial score (nSPS) is 23.9. The predicted molar refractivity (Wildman–Crippen MR) is 75.8 cm³/mol. The van der Waals surface area contributed by atoms with Gasteiger partial charge in [-0.05, 0) is 49.9 Å². The quantitative estimate of drug-likeness (QED) is 0.849. The molecule has 0 saturated heterocycles. The Hall–Kier alpha value is -0.580. The number of hydrogen-bond donors (Lipinski definition) is 1. The number of nitrogens with two attached hydrogens (primary N) is 1. The van der Waals surface area contributed by atoms with E-state index in [2.05, 4.69) is 15.9 Å². The minimum absolute atomic E-state index is 0.316. The van der Waals surface area contributed by atoms with E-state index in [0.717, 1.165) is 29.5 Å². The van der Waals surface area contributed by atoms with Crippen molar-refractivity contribution in [3.05, 3.63) is 28.7 Å². The van der Waals surface area contributed by atoms with Gasteiger partial charge >= 0.3 is 0 Å². The van der Waals surface area contributed by atoms with E-state index in [1.54, 1.807) is 0 Å². The van der Waals surface area contributed by atoms with Gasteiger partial charge in [0.15, 0.2) is 0 Å². The molecule has 0 aromatic heterocycles. The van der Waals surface area contributed by atoms with Crippen LogP contribution in [-0.2, 0) is 4.74 Å². The number of benzene rings is 1. The summed E-state index contributed by atoms with van der Waals surface area (Å²) in [7, 11) is 0. The van der Waals surface area contributed by atoms with Gasteiger partial charge in [0.2, 0.25) is 0 Å². The van der Waals surface area contributed by atoms with E-state index in [0.29, 0.717) is 25.4 Å². The topological polar surface area (TPSA) is 44.5 Å². The highest BCUT2D eigenvalue weighted by Crippen LogP contribution is 2.20. The monoisotopic (exact) mass is 313 g/mol. The van der Waals surface area contributed by atoms with E-state index in [9.17, 15) is 0 Å². The van der Waals surface area contributed by atoms with Gasteiger partial charge < -0.3 is 15.2 Å². The Labute approximate surface area is 117 Å². The maximum Gasteiger partial charge on any atom is 0.119 e. The average Bonchev–Trinajstić information content (AvgIpc) is 2.37. The van der Waals surface area contributed by atoms with Crippen LogP contribution in [-0.4, -0.2) is 25.4 Å². The first-order valence-electron chi connectivity index (χ1n) is 6.49. The van der Waals surface area contributed by atoms with Crippen LogP contribution in [0.2, 0.25) is 0 Å². The molecule has 1 saturated carbocycles. The van der Waals surface area contributed by atoms with Crippen LogP contribution in [0.5, 0.6) is 5.75 Å². The van der Waals surface area contributed by atoms with Crippen molar-refractivity contribution < 1.29 is 9.47 Å². The second-order valence-electron chi connectivity index (χ2n) is 4.72. The van der Waals surface area contributed by atoms with Crippen LogP contribution in [0.1, 0.15) is 25.7 Å². The van der Waals surface area contributed by atoms with E-state index < -0.39 is 0 Å². The fourth-order valence-electron chi connectivity index (χ4n) is 2.24. The lowest BCUT2D eigenvalue weighted by atomic mass is 9.94. The number of hydrogen-bond acceptors (Lipinski definition) is 3. The standard InChI is InChI=1S/C14H20BrNO2/c15-11-4-6-13(7-5-11)17-8-9-18-14-3-1-2-12(16)10-14/h4-7,12,14H,1-3,8-10,16H2. The van der Waals surface area contributed by atoms with E-state index in [-0.39, 0.29) is 0 Å². The van der Waals surface area contributed by atoms with Crippen LogP contribution < -0.4 is 10.5 Å². The minimum Gasteiger partial charge on any atom is -0.491 e. The van der Waals surface area contributed by atoms with Crippen LogP contribution in [0.25, 0.3) is 0 Å². The van der Waals surface area contributed by atoms with Crippen molar-refractivity contribution in [3.63, 3.8) is 0 Å². The highest BCUT2D eigenvalue weighted by Gasteiger charge is 2.19. The average molecular weight is 314 g/mol. The van der Waals surface area contributed by atoms with E-state index >= 15 is 0 Å². The SMILES string of the molecule is NC1CCCC(OCCOc2ccc(Br)cc2)C1. The highest BCUT2D eigenvalue weighted by molar-refractivity contribution is 9.10. The first kappa shape index (κ1) is 13.8. The van der Waals surface area contributed by atoms with E-state index in [1.165, 1.54) is 6.42 Å². The maximum absolute atomic E-state index is 5.92. The third-order valence-corrected chi connectivity index (χ3v) is 3.71. The van der Waals surface area contributed by atoms with Gasteiger partial charge in [-0.15, -0.1) is 0 Å². The summed E-state index contributed by atoms with van der Waals surface area (Å²) in [6, 6.07) is 8.14. The van der Waals surface area contributed by atoms with Crippen molar-refractivity contribution >= 4 is 15.9 Å². The van der Waals surface area contributed by atoms with Gasteiger partial charge in [0.25, 0.3) is 0 Å². The number of halogens is 1. The largest absolute Gasteiger partial charge is 0.491 e. The van der Waals surface area contributed by atoms with Gasteiger partial charge in [-0.1, -0.05) is 15.9 Å². The van der Waals surface area contributed by atoms with Crippen molar-refractivity contribution in [2.75, 3.05) is 13.2 Å². The second-order valence-corrected chi connectivity index (χ2v) is 5.64. The summed E-state index contributed by atoms with van der Waals surface area (Å²) >= 11 is 3.39. The molecule has 0 aliphatic heterocycles. The molecule has 18 heavy (non-hydrogen) atoms. The lowest BCUT2D eigenvalue weighted by molar-refractivity contribution is 0.00881. The lowest BCUT2D eigenvalue weighted by Gasteiger charge is -2.26. The predicted octanol–water partition coefficient (Wildman–Crippen LogP) is 3.11. The first-order chi connectivity index (χ1) is 8.74. The molecule has 1 aliphatic carbocycles. The summed E-state index contributed by atoms with van der Waals surface area (Å²) in [5.41, 5.74) is 5.92. The molecule has 1 aromatic rings. The van der Waals surface area contributed by atoms with Gasteiger partial charge in [-0.3, -0.25) is 0 Å². The molecule has 1 fully saturated rings. The van der Waals surface area contributed by atoms with Crippen molar-refractivity contribution in [2.45, 2.75) is 37.8 Å². The second kappa shape index (κ2) is 7.12. The Balaban J connectivity index is 1.62. The minimum atomic E-state index is 0.316. The third kappa shape index (κ3) is 4.59. The molecule has 2 rings (SSSR count).